The Labute approximate surface area is 211 Å². The number of carbonyl (C=O) groups is 1. The predicted molar refractivity (Wildman–Crippen MR) is 142 cm³/mol. The number of nitrogens with one attached hydrogen (secondary N) is 1. The number of carbonyl (C=O) groups excluding carboxylic acids is 1. The molecule has 1 N–H and O–H groups in total. The third-order valence-electron chi connectivity index (χ3n) is 6.65. The average Bonchev–Trinajstić information content (AvgIpc) is 3.38. The highest BCUT2D eigenvalue weighted by atomic mass is 19.1. The molecule has 188 valence electrons. The van der Waals surface area contributed by atoms with Crippen molar-refractivity contribution in [1.29, 1.82) is 0 Å². The van der Waals surface area contributed by atoms with Gasteiger partial charge in [-0.1, -0.05) is 44.2 Å². The predicted octanol–water partition coefficient (Wildman–Crippen LogP) is 5.92. The summed E-state index contributed by atoms with van der Waals surface area (Å²) < 4.78 is 19.8. The van der Waals surface area contributed by atoms with Crippen LogP contribution in [0.1, 0.15) is 42.7 Å². The van der Waals surface area contributed by atoms with Crippen molar-refractivity contribution in [3.8, 4) is 16.9 Å². The SMILES string of the molecule is CCOc1cc(C(=O)N(C)[C@H](CN(CC)CC)c2cccc3cn[nH]c23)ccc1-c1cccc(F)c1. The van der Waals surface area contributed by atoms with Crippen LogP contribution in [-0.4, -0.2) is 59.2 Å². The van der Waals surface area contributed by atoms with E-state index < -0.39 is 0 Å². The van der Waals surface area contributed by atoms with E-state index in [1.807, 2.05) is 38.2 Å². The number of halogens is 1. The van der Waals surface area contributed by atoms with Gasteiger partial charge in [-0.25, -0.2) is 4.39 Å². The summed E-state index contributed by atoms with van der Waals surface area (Å²) in [5.74, 6) is 0.121. The molecule has 0 spiro atoms. The summed E-state index contributed by atoms with van der Waals surface area (Å²) in [5, 5.41) is 8.34. The van der Waals surface area contributed by atoms with Crippen molar-refractivity contribution in [2.75, 3.05) is 33.3 Å². The highest BCUT2D eigenvalue weighted by Gasteiger charge is 2.27. The number of H-pyrrole nitrogens is 1. The number of hydrogen-bond donors (Lipinski definition) is 1. The number of aromatic amines is 1. The van der Waals surface area contributed by atoms with Crippen molar-refractivity contribution in [3.63, 3.8) is 0 Å². The molecule has 0 aliphatic rings. The van der Waals surface area contributed by atoms with Crippen molar-refractivity contribution in [1.82, 2.24) is 20.0 Å². The first-order valence-corrected chi connectivity index (χ1v) is 12.4. The van der Waals surface area contributed by atoms with E-state index >= 15 is 0 Å². The van der Waals surface area contributed by atoms with E-state index in [0.717, 1.165) is 35.1 Å². The van der Waals surface area contributed by atoms with Gasteiger partial charge in [-0.2, -0.15) is 5.10 Å². The van der Waals surface area contributed by atoms with Crippen LogP contribution in [0.15, 0.2) is 66.9 Å². The second-order valence-electron chi connectivity index (χ2n) is 8.75. The summed E-state index contributed by atoms with van der Waals surface area (Å²) in [4.78, 5) is 17.9. The number of likely N-dealkylation sites (N-methyl/N-ethyl adjacent to an activating group) is 2. The molecular formula is C29H33FN4O2. The highest BCUT2D eigenvalue weighted by Crippen LogP contribution is 2.33. The Morgan fingerprint density at radius 1 is 1.06 bits per heavy atom. The summed E-state index contributed by atoms with van der Waals surface area (Å²) in [6, 6.07) is 17.6. The van der Waals surface area contributed by atoms with Gasteiger partial charge in [0.1, 0.15) is 11.6 Å². The van der Waals surface area contributed by atoms with E-state index in [2.05, 4.69) is 35.0 Å². The normalized spacial score (nSPS) is 12.2. The first kappa shape index (κ1) is 25.4. The maximum Gasteiger partial charge on any atom is 0.254 e. The van der Waals surface area contributed by atoms with Crippen LogP contribution < -0.4 is 4.74 Å². The zero-order valence-corrected chi connectivity index (χ0v) is 21.3. The van der Waals surface area contributed by atoms with Gasteiger partial charge in [0.05, 0.1) is 24.4 Å². The van der Waals surface area contributed by atoms with Crippen LogP contribution in [0.4, 0.5) is 4.39 Å². The van der Waals surface area contributed by atoms with Crippen LogP contribution in [0.2, 0.25) is 0 Å². The molecule has 6 nitrogen and oxygen atoms in total. The van der Waals surface area contributed by atoms with Gasteiger partial charge in [0.2, 0.25) is 0 Å². The Hall–Kier alpha value is -3.71. The smallest absolute Gasteiger partial charge is 0.254 e. The van der Waals surface area contributed by atoms with Crippen molar-refractivity contribution in [2.45, 2.75) is 26.8 Å². The highest BCUT2D eigenvalue weighted by molar-refractivity contribution is 5.96. The summed E-state index contributed by atoms with van der Waals surface area (Å²) >= 11 is 0. The van der Waals surface area contributed by atoms with E-state index in [-0.39, 0.29) is 17.8 Å². The fourth-order valence-electron chi connectivity index (χ4n) is 4.60. The number of aromatic nitrogens is 2. The quantitative estimate of drug-likeness (QED) is 0.301. The Kier molecular flexibility index (Phi) is 8.00. The first-order chi connectivity index (χ1) is 17.5. The molecule has 4 rings (SSSR count). The lowest BCUT2D eigenvalue weighted by Gasteiger charge is -2.33. The Morgan fingerprint density at radius 3 is 2.56 bits per heavy atom. The topological polar surface area (TPSA) is 61.5 Å². The maximum atomic E-state index is 13.9. The monoisotopic (exact) mass is 488 g/mol. The van der Waals surface area contributed by atoms with Gasteiger partial charge in [0, 0.05) is 35.7 Å². The first-order valence-electron chi connectivity index (χ1n) is 12.4. The van der Waals surface area contributed by atoms with Gasteiger partial charge in [0.25, 0.3) is 5.91 Å². The Bertz CT molecular complexity index is 1330. The minimum absolute atomic E-state index is 0.115. The molecule has 1 atom stereocenters. The molecule has 1 heterocycles. The molecule has 7 heteroatoms. The molecule has 0 fully saturated rings. The molecule has 0 saturated heterocycles. The van der Waals surface area contributed by atoms with E-state index in [1.54, 1.807) is 29.3 Å². The minimum atomic E-state index is -0.318. The summed E-state index contributed by atoms with van der Waals surface area (Å²) in [7, 11) is 1.84. The minimum Gasteiger partial charge on any atom is -0.493 e. The lowest BCUT2D eigenvalue weighted by molar-refractivity contribution is 0.0691. The van der Waals surface area contributed by atoms with Gasteiger partial charge in [-0.3, -0.25) is 9.89 Å². The number of rotatable bonds is 10. The second kappa shape index (κ2) is 11.4. The van der Waals surface area contributed by atoms with Gasteiger partial charge in [-0.15, -0.1) is 0 Å². The van der Waals surface area contributed by atoms with Gasteiger partial charge >= 0.3 is 0 Å². The summed E-state index contributed by atoms with van der Waals surface area (Å²) in [6.07, 6.45) is 1.80. The van der Waals surface area contributed by atoms with E-state index in [1.165, 1.54) is 12.1 Å². The standard InChI is InChI=1S/C29H33FN4O2/c1-5-34(6-2)19-26(25-13-9-11-22-18-31-32-28(22)25)33(4)29(35)21-14-15-24(27(17-21)36-7-3)20-10-8-12-23(30)16-20/h8-18,26H,5-7,19H2,1-4H3,(H,31,32)/t26-/m1/s1. The molecule has 0 unspecified atom stereocenters. The largest absolute Gasteiger partial charge is 0.493 e. The zero-order chi connectivity index (χ0) is 25.7. The fraction of sp³-hybridized carbons (Fsp3) is 0.310. The van der Waals surface area contributed by atoms with E-state index in [9.17, 15) is 9.18 Å². The lowest BCUT2D eigenvalue weighted by Crippen LogP contribution is -2.39. The number of benzene rings is 3. The van der Waals surface area contributed by atoms with Gasteiger partial charge in [-0.05, 0) is 55.9 Å². The lowest BCUT2D eigenvalue weighted by atomic mass is 9.99. The van der Waals surface area contributed by atoms with Gasteiger partial charge < -0.3 is 14.5 Å². The molecule has 36 heavy (non-hydrogen) atoms. The summed E-state index contributed by atoms with van der Waals surface area (Å²) in [6.45, 7) is 9.02. The van der Waals surface area contributed by atoms with Crippen molar-refractivity contribution in [2.24, 2.45) is 0 Å². The number of hydrogen-bond acceptors (Lipinski definition) is 4. The molecule has 0 radical (unpaired) electrons. The van der Waals surface area contributed by atoms with Crippen LogP contribution in [0.3, 0.4) is 0 Å². The van der Waals surface area contributed by atoms with Crippen LogP contribution in [-0.2, 0) is 0 Å². The van der Waals surface area contributed by atoms with E-state index in [4.69, 9.17) is 4.74 Å². The average molecular weight is 489 g/mol. The molecule has 3 aromatic carbocycles. The molecule has 0 bridgehead atoms. The number of ether oxygens (including phenoxy) is 1. The van der Waals surface area contributed by atoms with Crippen molar-refractivity contribution >= 4 is 16.8 Å². The maximum absolute atomic E-state index is 13.9. The zero-order valence-electron chi connectivity index (χ0n) is 21.3. The second-order valence-corrected chi connectivity index (χ2v) is 8.75. The van der Waals surface area contributed by atoms with Crippen LogP contribution >= 0.6 is 0 Å². The molecule has 4 aromatic rings. The Balaban J connectivity index is 1.72. The molecule has 1 amide bonds. The molecular weight excluding hydrogens is 455 g/mol. The molecule has 0 saturated carbocycles. The van der Waals surface area contributed by atoms with Gasteiger partial charge in [0.15, 0.2) is 0 Å². The third-order valence-corrected chi connectivity index (χ3v) is 6.65. The molecule has 0 aliphatic heterocycles. The van der Waals surface area contributed by atoms with Crippen LogP contribution in [0.5, 0.6) is 5.75 Å². The third kappa shape index (κ3) is 5.26. The Morgan fingerprint density at radius 2 is 1.83 bits per heavy atom. The number of para-hydroxylation sites is 1. The van der Waals surface area contributed by atoms with Crippen LogP contribution in [0, 0.1) is 5.82 Å². The fourth-order valence-corrected chi connectivity index (χ4v) is 4.60. The molecule has 1 aromatic heterocycles. The summed E-state index contributed by atoms with van der Waals surface area (Å²) in [5.41, 5.74) is 3.93. The number of amides is 1. The molecule has 0 aliphatic carbocycles. The van der Waals surface area contributed by atoms with Crippen LogP contribution in [0.25, 0.3) is 22.0 Å². The van der Waals surface area contributed by atoms with Crippen molar-refractivity contribution in [3.05, 3.63) is 83.8 Å². The van der Waals surface area contributed by atoms with Crippen molar-refractivity contribution < 1.29 is 13.9 Å². The number of fused-ring (bicyclic) bond motifs is 1. The van der Waals surface area contributed by atoms with E-state index in [0.29, 0.717) is 30.0 Å². The number of nitrogens with zero attached hydrogens (tertiary/aromatic N) is 3.